The second-order valence-corrected chi connectivity index (χ2v) is 8.47. The maximum atomic E-state index is 12.9. The van der Waals surface area contributed by atoms with Crippen LogP contribution in [0.15, 0.2) is 63.7 Å². The Hall–Kier alpha value is -3.39. The fraction of sp³-hybridized carbons (Fsp3) is 0.208. The molecule has 32 heavy (non-hydrogen) atoms. The molecule has 4 aromatic rings. The van der Waals surface area contributed by atoms with Crippen molar-refractivity contribution < 1.29 is 14.1 Å². The Labute approximate surface area is 194 Å². The standard InChI is InChI=1S/C24H23BrN4O3/c1-15-5-4-6-16(2)23(15)31-14-20-17(3)32-28-22(20)24(30)26-21-11-12-29(27-21)13-18-7-9-19(25)10-8-18/h4-12H,13-14H2,1-3H3,(H,26,27,30). The third-order valence-corrected chi connectivity index (χ3v) is 5.64. The highest BCUT2D eigenvalue weighted by atomic mass is 79.9. The summed E-state index contributed by atoms with van der Waals surface area (Å²) in [6.07, 6.45) is 1.82. The molecule has 2 heterocycles. The van der Waals surface area contributed by atoms with Gasteiger partial charge < -0.3 is 14.6 Å². The molecule has 0 saturated carbocycles. The van der Waals surface area contributed by atoms with E-state index in [2.05, 4.69) is 31.5 Å². The van der Waals surface area contributed by atoms with E-state index in [4.69, 9.17) is 9.26 Å². The largest absolute Gasteiger partial charge is 0.488 e. The molecule has 0 spiro atoms. The molecule has 0 aliphatic heterocycles. The lowest BCUT2D eigenvalue weighted by molar-refractivity contribution is 0.101. The van der Waals surface area contributed by atoms with Crippen molar-refractivity contribution in [3.8, 4) is 5.75 Å². The maximum absolute atomic E-state index is 12.9. The molecule has 0 unspecified atom stereocenters. The molecule has 1 N–H and O–H groups in total. The number of aromatic nitrogens is 3. The highest BCUT2D eigenvalue weighted by molar-refractivity contribution is 9.10. The fourth-order valence-corrected chi connectivity index (χ4v) is 3.64. The lowest BCUT2D eigenvalue weighted by atomic mass is 10.1. The average molecular weight is 495 g/mol. The molecule has 1 amide bonds. The Morgan fingerprint density at radius 2 is 1.81 bits per heavy atom. The summed E-state index contributed by atoms with van der Waals surface area (Å²) in [6.45, 7) is 6.52. The van der Waals surface area contributed by atoms with E-state index >= 15 is 0 Å². The summed E-state index contributed by atoms with van der Waals surface area (Å²) in [5.74, 6) is 1.39. The molecule has 0 radical (unpaired) electrons. The number of carbonyl (C=O) groups excluding carboxylic acids is 1. The first-order valence-corrected chi connectivity index (χ1v) is 10.9. The van der Waals surface area contributed by atoms with Gasteiger partial charge in [-0.3, -0.25) is 9.48 Å². The van der Waals surface area contributed by atoms with Crippen molar-refractivity contribution >= 4 is 27.7 Å². The number of halogens is 1. The van der Waals surface area contributed by atoms with Crippen LogP contribution in [0, 0.1) is 20.8 Å². The molecule has 0 atom stereocenters. The third kappa shape index (κ3) is 4.91. The van der Waals surface area contributed by atoms with Crippen LogP contribution in [0.1, 0.15) is 38.5 Å². The highest BCUT2D eigenvalue weighted by Gasteiger charge is 2.21. The van der Waals surface area contributed by atoms with Crippen LogP contribution in [0.4, 0.5) is 5.82 Å². The normalized spacial score (nSPS) is 10.9. The Kier molecular flexibility index (Phi) is 6.41. The maximum Gasteiger partial charge on any atom is 0.279 e. The van der Waals surface area contributed by atoms with Crippen molar-refractivity contribution in [1.29, 1.82) is 0 Å². The Morgan fingerprint density at radius 1 is 1.09 bits per heavy atom. The quantitative estimate of drug-likeness (QED) is 0.369. The molecule has 7 nitrogen and oxygen atoms in total. The van der Waals surface area contributed by atoms with Gasteiger partial charge in [-0.05, 0) is 49.6 Å². The van der Waals surface area contributed by atoms with Gasteiger partial charge in [0, 0.05) is 16.7 Å². The van der Waals surface area contributed by atoms with Gasteiger partial charge in [-0.1, -0.05) is 51.4 Å². The summed E-state index contributed by atoms with van der Waals surface area (Å²) in [5.41, 5.74) is 3.96. The van der Waals surface area contributed by atoms with Gasteiger partial charge >= 0.3 is 0 Å². The molecular weight excluding hydrogens is 472 g/mol. The first-order valence-electron chi connectivity index (χ1n) is 10.1. The zero-order chi connectivity index (χ0) is 22.7. The summed E-state index contributed by atoms with van der Waals surface area (Å²) < 4.78 is 14.1. The van der Waals surface area contributed by atoms with Gasteiger partial charge in [0.15, 0.2) is 11.5 Å². The van der Waals surface area contributed by atoms with Crippen molar-refractivity contribution in [1.82, 2.24) is 14.9 Å². The zero-order valence-electron chi connectivity index (χ0n) is 18.1. The first kappa shape index (κ1) is 21.8. The van der Waals surface area contributed by atoms with Crippen LogP contribution in [0.3, 0.4) is 0 Å². The summed E-state index contributed by atoms with van der Waals surface area (Å²) >= 11 is 3.43. The number of aryl methyl sites for hydroxylation is 3. The van der Waals surface area contributed by atoms with Gasteiger partial charge in [-0.2, -0.15) is 5.10 Å². The van der Waals surface area contributed by atoms with Crippen LogP contribution in [0.25, 0.3) is 0 Å². The molecule has 0 fully saturated rings. The van der Waals surface area contributed by atoms with Gasteiger partial charge in [-0.25, -0.2) is 0 Å². The van der Waals surface area contributed by atoms with Crippen LogP contribution in [-0.2, 0) is 13.2 Å². The van der Waals surface area contributed by atoms with Crippen molar-refractivity contribution in [2.75, 3.05) is 5.32 Å². The number of anilines is 1. The molecule has 164 valence electrons. The molecule has 2 aromatic heterocycles. The number of nitrogens with zero attached hydrogens (tertiary/aromatic N) is 3. The molecule has 0 aliphatic carbocycles. The number of hydrogen-bond donors (Lipinski definition) is 1. The van der Waals surface area contributed by atoms with Gasteiger partial charge in [0.05, 0.1) is 12.1 Å². The van der Waals surface area contributed by atoms with Crippen LogP contribution in [0.2, 0.25) is 0 Å². The second-order valence-electron chi connectivity index (χ2n) is 7.55. The molecule has 0 aliphatic rings. The summed E-state index contributed by atoms with van der Waals surface area (Å²) in [4.78, 5) is 12.9. The average Bonchev–Trinajstić information content (AvgIpc) is 3.35. The number of para-hydroxylation sites is 1. The highest BCUT2D eigenvalue weighted by Crippen LogP contribution is 2.25. The first-order chi connectivity index (χ1) is 15.4. The van der Waals surface area contributed by atoms with Crippen molar-refractivity contribution in [3.05, 3.63) is 92.9 Å². The molecule has 4 rings (SSSR count). The lowest BCUT2D eigenvalue weighted by Crippen LogP contribution is -2.16. The van der Waals surface area contributed by atoms with Crippen LogP contribution < -0.4 is 10.1 Å². The minimum absolute atomic E-state index is 0.182. The lowest BCUT2D eigenvalue weighted by Gasteiger charge is -2.12. The number of nitrogens with one attached hydrogen (secondary N) is 1. The number of ether oxygens (including phenoxy) is 1. The smallest absolute Gasteiger partial charge is 0.279 e. The predicted octanol–water partition coefficient (Wildman–Crippen LogP) is 5.44. The van der Waals surface area contributed by atoms with Crippen LogP contribution in [-0.4, -0.2) is 20.8 Å². The van der Waals surface area contributed by atoms with E-state index in [1.54, 1.807) is 17.7 Å². The fourth-order valence-electron chi connectivity index (χ4n) is 3.38. The molecule has 0 bridgehead atoms. The van der Waals surface area contributed by atoms with Crippen LogP contribution >= 0.6 is 15.9 Å². The number of rotatable bonds is 7. The van der Waals surface area contributed by atoms with Gasteiger partial charge in [0.25, 0.3) is 5.91 Å². The molecule has 2 aromatic carbocycles. The topological polar surface area (TPSA) is 82.2 Å². The Bertz CT molecular complexity index is 1220. The summed E-state index contributed by atoms with van der Waals surface area (Å²) in [7, 11) is 0. The number of hydrogen-bond acceptors (Lipinski definition) is 5. The third-order valence-electron chi connectivity index (χ3n) is 5.11. The minimum Gasteiger partial charge on any atom is -0.488 e. The molecular formula is C24H23BrN4O3. The SMILES string of the molecule is Cc1cccc(C)c1OCc1c(C(=O)Nc2ccn(Cc3ccc(Br)cc3)n2)noc1C. The van der Waals surface area contributed by atoms with E-state index in [0.717, 1.165) is 26.9 Å². The Morgan fingerprint density at radius 3 is 2.53 bits per heavy atom. The van der Waals surface area contributed by atoms with Crippen molar-refractivity contribution in [2.45, 2.75) is 33.9 Å². The zero-order valence-corrected chi connectivity index (χ0v) is 19.6. The van der Waals surface area contributed by atoms with Crippen molar-refractivity contribution in [2.24, 2.45) is 0 Å². The molecule has 8 heteroatoms. The van der Waals surface area contributed by atoms with E-state index < -0.39 is 5.91 Å². The van der Waals surface area contributed by atoms with Crippen LogP contribution in [0.5, 0.6) is 5.75 Å². The van der Waals surface area contributed by atoms with Gasteiger partial charge in [-0.15, -0.1) is 0 Å². The predicted molar refractivity (Wildman–Crippen MR) is 125 cm³/mol. The van der Waals surface area contributed by atoms with Gasteiger partial charge in [0.2, 0.25) is 0 Å². The number of benzene rings is 2. The van der Waals surface area contributed by atoms with E-state index in [9.17, 15) is 4.79 Å². The van der Waals surface area contributed by atoms with E-state index in [0.29, 0.717) is 23.7 Å². The molecule has 0 saturated heterocycles. The monoisotopic (exact) mass is 494 g/mol. The van der Waals surface area contributed by atoms with E-state index in [-0.39, 0.29) is 12.3 Å². The minimum atomic E-state index is -0.393. The Balaban J connectivity index is 1.44. The van der Waals surface area contributed by atoms with E-state index in [1.165, 1.54) is 0 Å². The second kappa shape index (κ2) is 9.40. The number of carbonyl (C=O) groups is 1. The number of amides is 1. The van der Waals surface area contributed by atoms with Crippen molar-refractivity contribution in [3.63, 3.8) is 0 Å². The van der Waals surface area contributed by atoms with Gasteiger partial charge in [0.1, 0.15) is 18.1 Å². The van der Waals surface area contributed by atoms with E-state index in [1.807, 2.05) is 62.5 Å². The summed E-state index contributed by atoms with van der Waals surface area (Å²) in [6, 6.07) is 15.7. The summed E-state index contributed by atoms with van der Waals surface area (Å²) in [5, 5.41) is 11.2.